The van der Waals surface area contributed by atoms with E-state index in [-0.39, 0.29) is 11.8 Å². The van der Waals surface area contributed by atoms with Crippen molar-refractivity contribution in [3.8, 4) is 0 Å². The summed E-state index contributed by atoms with van der Waals surface area (Å²) in [5.41, 5.74) is 1.26. The molecule has 5 heteroatoms. The van der Waals surface area contributed by atoms with Crippen LogP contribution in [-0.2, 0) is 22.7 Å². The summed E-state index contributed by atoms with van der Waals surface area (Å²) in [5, 5.41) is 12.4. The molecule has 2 aliphatic rings. The second-order valence-electron chi connectivity index (χ2n) is 4.63. The standard InChI is InChI=1S/C12H15NO3S/c14-12(15)9-4-13-2-1-8(9)10-3-7-5-16-6-11(7)17-10/h3,8-9,13H,1-2,4-6H2,(H,14,15). The van der Waals surface area contributed by atoms with Gasteiger partial charge in [-0.3, -0.25) is 4.79 Å². The number of nitrogens with one attached hydrogen (secondary N) is 1. The van der Waals surface area contributed by atoms with Gasteiger partial charge in [-0.2, -0.15) is 0 Å². The highest BCUT2D eigenvalue weighted by atomic mass is 32.1. The maximum atomic E-state index is 11.3. The Labute approximate surface area is 104 Å². The summed E-state index contributed by atoms with van der Waals surface area (Å²) in [6.45, 7) is 2.88. The summed E-state index contributed by atoms with van der Waals surface area (Å²) in [5.74, 6) is -0.806. The highest BCUT2D eigenvalue weighted by Crippen LogP contribution is 2.39. The van der Waals surface area contributed by atoms with Crippen molar-refractivity contribution in [3.05, 3.63) is 21.4 Å². The fraction of sp³-hybridized carbons (Fsp3) is 0.583. The molecule has 1 aromatic rings. The van der Waals surface area contributed by atoms with Crippen LogP contribution in [0.25, 0.3) is 0 Å². The van der Waals surface area contributed by atoms with E-state index in [9.17, 15) is 9.90 Å². The minimum absolute atomic E-state index is 0.171. The maximum Gasteiger partial charge on any atom is 0.308 e. The molecule has 1 saturated heterocycles. The molecule has 3 rings (SSSR count). The van der Waals surface area contributed by atoms with Gasteiger partial charge in [0.25, 0.3) is 0 Å². The van der Waals surface area contributed by atoms with Gasteiger partial charge >= 0.3 is 5.97 Å². The van der Waals surface area contributed by atoms with Gasteiger partial charge in [0.1, 0.15) is 0 Å². The van der Waals surface area contributed by atoms with Crippen LogP contribution in [0, 0.1) is 5.92 Å². The van der Waals surface area contributed by atoms with Crippen LogP contribution in [0.1, 0.15) is 27.7 Å². The Morgan fingerprint density at radius 3 is 3.18 bits per heavy atom. The van der Waals surface area contributed by atoms with E-state index in [1.165, 1.54) is 15.3 Å². The van der Waals surface area contributed by atoms with Gasteiger partial charge in [-0.25, -0.2) is 0 Å². The molecule has 1 aromatic heterocycles. The average Bonchev–Trinajstić information content (AvgIpc) is 2.88. The Morgan fingerprint density at radius 1 is 1.53 bits per heavy atom. The van der Waals surface area contributed by atoms with E-state index in [0.717, 1.165) is 13.0 Å². The highest BCUT2D eigenvalue weighted by Gasteiger charge is 2.33. The lowest BCUT2D eigenvalue weighted by molar-refractivity contribution is -0.142. The molecule has 0 bridgehead atoms. The monoisotopic (exact) mass is 253 g/mol. The largest absolute Gasteiger partial charge is 0.481 e. The second-order valence-corrected chi connectivity index (χ2v) is 5.80. The van der Waals surface area contributed by atoms with Gasteiger partial charge in [-0.15, -0.1) is 11.3 Å². The lowest BCUT2D eigenvalue weighted by Gasteiger charge is -2.28. The van der Waals surface area contributed by atoms with Crippen molar-refractivity contribution in [2.75, 3.05) is 13.1 Å². The van der Waals surface area contributed by atoms with Gasteiger partial charge in [0.2, 0.25) is 0 Å². The van der Waals surface area contributed by atoms with E-state index in [2.05, 4.69) is 11.4 Å². The average molecular weight is 253 g/mol. The third kappa shape index (κ3) is 1.99. The first-order chi connectivity index (χ1) is 8.25. The topological polar surface area (TPSA) is 58.6 Å². The summed E-state index contributed by atoms with van der Waals surface area (Å²) in [6, 6.07) is 2.15. The van der Waals surface area contributed by atoms with E-state index >= 15 is 0 Å². The van der Waals surface area contributed by atoms with Crippen LogP contribution in [0.4, 0.5) is 0 Å². The molecule has 0 saturated carbocycles. The summed E-state index contributed by atoms with van der Waals surface area (Å²) in [6.07, 6.45) is 0.914. The van der Waals surface area contributed by atoms with Crippen molar-refractivity contribution in [3.63, 3.8) is 0 Å². The van der Waals surface area contributed by atoms with Crippen molar-refractivity contribution in [1.29, 1.82) is 0 Å². The van der Waals surface area contributed by atoms with Gasteiger partial charge in [-0.05, 0) is 24.6 Å². The Morgan fingerprint density at radius 2 is 2.41 bits per heavy atom. The summed E-state index contributed by atoms with van der Waals surface area (Å²) < 4.78 is 5.35. The lowest BCUT2D eigenvalue weighted by atomic mass is 9.85. The van der Waals surface area contributed by atoms with E-state index in [1.807, 2.05) is 0 Å². The first-order valence-corrected chi connectivity index (χ1v) is 6.70. The van der Waals surface area contributed by atoms with Gasteiger partial charge < -0.3 is 15.2 Å². The number of thiophene rings is 1. The predicted molar refractivity (Wildman–Crippen MR) is 64.2 cm³/mol. The first kappa shape index (κ1) is 11.2. The van der Waals surface area contributed by atoms with Crippen molar-refractivity contribution in [2.45, 2.75) is 25.6 Å². The number of carboxylic acid groups (broad SMARTS) is 1. The quantitative estimate of drug-likeness (QED) is 0.839. The fourth-order valence-corrected chi connectivity index (χ4v) is 3.94. The number of hydrogen-bond acceptors (Lipinski definition) is 4. The van der Waals surface area contributed by atoms with E-state index < -0.39 is 5.97 Å². The molecule has 2 N–H and O–H groups in total. The van der Waals surface area contributed by atoms with Crippen molar-refractivity contribution in [2.24, 2.45) is 5.92 Å². The third-order valence-corrected chi connectivity index (χ3v) is 4.85. The summed E-state index contributed by atoms with van der Waals surface area (Å²) >= 11 is 1.73. The molecule has 0 aliphatic carbocycles. The molecule has 92 valence electrons. The van der Waals surface area contributed by atoms with Crippen LogP contribution in [0.15, 0.2) is 6.07 Å². The zero-order valence-electron chi connectivity index (χ0n) is 9.44. The summed E-state index contributed by atoms with van der Waals surface area (Å²) in [4.78, 5) is 13.8. The van der Waals surface area contributed by atoms with Gasteiger partial charge in [0.15, 0.2) is 0 Å². The predicted octanol–water partition coefficient (Wildman–Crippen LogP) is 1.56. The number of fused-ring (bicyclic) bond motifs is 1. The van der Waals surface area contributed by atoms with Crippen LogP contribution in [0.3, 0.4) is 0 Å². The van der Waals surface area contributed by atoms with Gasteiger partial charge in [0.05, 0.1) is 19.1 Å². The Hall–Kier alpha value is -0.910. The third-order valence-electron chi connectivity index (χ3n) is 3.57. The molecule has 1 fully saturated rings. The normalized spacial score (nSPS) is 28.0. The minimum Gasteiger partial charge on any atom is -0.481 e. The molecule has 2 aliphatic heterocycles. The number of aliphatic carboxylic acids is 1. The van der Waals surface area contributed by atoms with E-state index in [1.54, 1.807) is 11.3 Å². The molecule has 0 radical (unpaired) electrons. The molecule has 17 heavy (non-hydrogen) atoms. The Balaban J connectivity index is 1.87. The highest BCUT2D eigenvalue weighted by molar-refractivity contribution is 7.12. The molecular formula is C12H15NO3S. The molecule has 0 amide bonds. The number of carbonyl (C=O) groups is 1. The van der Waals surface area contributed by atoms with E-state index in [4.69, 9.17) is 4.74 Å². The molecule has 2 atom stereocenters. The number of ether oxygens (including phenoxy) is 1. The zero-order valence-corrected chi connectivity index (χ0v) is 10.3. The van der Waals surface area contributed by atoms with Gasteiger partial charge in [0, 0.05) is 22.2 Å². The van der Waals surface area contributed by atoms with E-state index in [0.29, 0.717) is 19.8 Å². The zero-order chi connectivity index (χ0) is 11.8. The van der Waals surface area contributed by atoms with Crippen LogP contribution in [0.2, 0.25) is 0 Å². The second kappa shape index (κ2) is 4.40. The minimum atomic E-state index is -0.688. The maximum absolute atomic E-state index is 11.3. The Kier molecular flexibility index (Phi) is 2.90. The summed E-state index contributed by atoms with van der Waals surface area (Å²) in [7, 11) is 0. The molecular weight excluding hydrogens is 238 g/mol. The van der Waals surface area contributed by atoms with Crippen molar-refractivity contribution in [1.82, 2.24) is 5.32 Å². The van der Waals surface area contributed by atoms with Crippen LogP contribution >= 0.6 is 11.3 Å². The molecule has 2 unspecified atom stereocenters. The van der Waals surface area contributed by atoms with Crippen LogP contribution in [-0.4, -0.2) is 24.2 Å². The number of piperidine rings is 1. The number of rotatable bonds is 2. The number of hydrogen-bond donors (Lipinski definition) is 2. The Bertz CT molecular complexity index is 421. The van der Waals surface area contributed by atoms with Gasteiger partial charge in [-0.1, -0.05) is 0 Å². The molecule has 4 nitrogen and oxygen atoms in total. The fourth-order valence-electron chi connectivity index (χ4n) is 2.63. The van der Waals surface area contributed by atoms with Crippen molar-refractivity contribution < 1.29 is 14.6 Å². The first-order valence-electron chi connectivity index (χ1n) is 5.88. The smallest absolute Gasteiger partial charge is 0.308 e. The molecule has 0 aromatic carbocycles. The van der Waals surface area contributed by atoms with Crippen LogP contribution in [0.5, 0.6) is 0 Å². The van der Waals surface area contributed by atoms with Crippen molar-refractivity contribution >= 4 is 17.3 Å². The lowest BCUT2D eigenvalue weighted by Crippen LogP contribution is -2.39. The molecule has 0 spiro atoms. The molecule has 3 heterocycles. The van der Waals surface area contributed by atoms with Crippen LogP contribution < -0.4 is 5.32 Å². The number of carboxylic acids is 1. The SMILES string of the molecule is O=C(O)C1CNCCC1c1cc2c(s1)COC2.